The van der Waals surface area contributed by atoms with Crippen molar-refractivity contribution in [3.05, 3.63) is 0 Å². The van der Waals surface area contributed by atoms with Crippen LogP contribution in [0.15, 0.2) is 0 Å². The van der Waals surface area contributed by atoms with E-state index in [-0.39, 0.29) is 0 Å². The van der Waals surface area contributed by atoms with Crippen molar-refractivity contribution in [2.75, 3.05) is 26.7 Å². The molecule has 0 aromatic rings. The third kappa shape index (κ3) is 4.08. The van der Waals surface area contributed by atoms with Crippen LogP contribution in [0.25, 0.3) is 0 Å². The van der Waals surface area contributed by atoms with Crippen molar-refractivity contribution in [2.45, 2.75) is 32.2 Å². The van der Waals surface area contributed by atoms with Gasteiger partial charge in [0.05, 0.1) is 12.5 Å². The van der Waals surface area contributed by atoms with E-state index in [9.17, 15) is 0 Å². The van der Waals surface area contributed by atoms with Gasteiger partial charge in [-0.2, -0.15) is 5.26 Å². The number of hydrogen-bond donors (Lipinski definition) is 1. The Labute approximate surface area is 87.1 Å². The molecule has 1 saturated heterocycles. The Morgan fingerprint density at radius 1 is 1.64 bits per heavy atom. The third-order valence-electron chi connectivity index (χ3n) is 2.87. The van der Waals surface area contributed by atoms with Gasteiger partial charge >= 0.3 is 0 Å². The lowest BCUT2D eigenvalue weighted by atomic mass is 9.98. The summed E-state index contributed by atoms with van der Waals surface area (Å²) in [6.07, 6.45) is 3.26. The number of hydrogen-bond acceptors (Lipinski definition) is 3. The normalized spacial score (nSPS) is 25.6. The minimum absolute atomic E-state index is 0.340. The highest BCUT2D eigenvalue weighted by atomic mass is 15.1. The highest BCUT2D eigenvalue weighted by Gasteiger charge is 2.17. The molecule has 0 aromatic carbocycles. The number of rotatable bonds is 4. The van der Waals surface area contributed by atoms with Gasteiger partial charge in [0, 0.05) is 12.6 Å². The molecular weight excluding hydrogens is 174 g/mol. The average Bonchev–Trinajstić information content (AvgIpc) is 2.15. The van der Waals surface area contributed by atoms with Gasteiger partial charge < -0.3 is 10.2 Å². The first-order chi connectivity index (χ1) is 6.72. The van der Waals surface area contributed by atoms with Crippen LogP contribution in [0.5, 0.6) is 0 Å². The van der Waals surface area contributed by atoms with Crippen molar-refractivity contribution < 1.29 is 0 Å². The highest BCUT2D eigenvalue weighted by Crippen LogP contribution is 2.14. The van der Waals surface area contributed by atoms with Crippen LogP contribution in [0, 0.1) is 17.2 Å². The molecule has 14 heavy (non-hydrogen) atoms. The van der Waals surface area contributed by atoms with Crippen LogP contribution in [0.4, 0.5) is 0 Å². The summed E-state index contributed by atoms with van der Waals surface area (Å²) in [7, 11) is 2.19. The molecular formula is C11H21N3. The molecule has 3 heteroatoms. The zero-order chi connectivity index (χ0) is 10.4. The van der Waals surface area contributed by atoms with Crippen LogP contribution >= 0.6 is 0 Å². The van der Waals surface area contributed by atoms with Crippen LogP contribution in [0.3, 0.4) is 0 Å². The fourth-order valence-electron chi connectivity index (χ4n) is 2.02. The van der Waals surface area contributed by atoms with Crippen LogP contribution in [0.2, 0.25) is 0 Å². The maximum absolute atomic E-state index is 8.52. The summed E-state index contributed by atoms with van der Waals surface area (Å²) in [5.41, 5.74) is 0. The van der Waals surface area contributed by atoms with E-state index in [1.54, 1.807) is 0 Å². The number of piperidine rings is 1. The van der Waals surface area contributed by atoms with Crippen molar-refractivity contribution in [2.24, 2.45) is 5.92 Å². The van der Waals surface area contributed by atoms with Crippen molar-refractivity contribution in [1.29, 1.82) is 5.26 Å². The molecule has 1 rings (SSSR count). The largest absolute Gasteiger partial charge is 0.313 e. The zero-order valence-electron chi connectivity index (χ0n) is 9.29. The Balaban J connectivity index is 2.14. The van der Waals surface area contributed by atoms with Crippen LogP contribution in [-0.2, 0) is 0 Å². The van der Waals surface area contributed by atoms with Crippen LogP contribution in [0.1, 0.15) is 26.2 Å². The Morgan fingerprint density at radius 2 is 2.43 bits per heavy atom. The SMILES string of the molecule is CC(CC#N)NCC1CCCN(C)C1. The van der Waals surface area contributed by atoms with Crippen LogP contribution < -0.4 is 5.32 Å². The topological polar surface area (TPSA) is 39.1 Å². The van der Waals surface area contributed by atoms with Crippen molar-refractivity contribution in [3.8, 4) is 6.07 Å². The molecule has 1 aliphatic heterocycles. The second-order valence-electron chi connectivity index (χ2n) is 4.44. The van der Waals surface area contributed by atoms with Gasteiger partial charge in [0.2, 0.25) is 0 Å². The van der Waals surface area contributed by atoms with E-state index >= 15 is 0 Å². The van der Waals surface area contributed by atoms with Gasteiger partial charge in [0.15, 0.2) is 0 Å². The minimum atomic E-state index is 0.340. The van der Waals surface area contributed by atoms with E-state index < -0.39 is 0 Å². The fourth-order valence-corrected chi connectivity index (χ4v) is 2.02. The maximum Gasteiger partial charge on any atom is 0.0638 e. The smallest absolute Gasteiger partial charge is 0.0638 e. The first kappa shape index (κ1) is 11.5. The van der Waals surface area contributed by atoms with Crippen LogP contribution in [-0.4, -0.2) is 37.6 Å². The van der Waals surface area contributed by atoms with Gasteiger partial charge in [-0.3, -0.25) is 0 Å². The van der Waals surface area contributed by atoms with Gasteiger partial charge in [0.25, 0.3) is 0 Å². The Hall–Kier alpha value is -0.590. The van der Waals surface area contributed by atoms with Crippen molar-refractivity contribution >= 4 is 0 Å². The lowest BCUT2D eigenvalue weighted by Crippen LogP contribution is -2.39. The molecule has 0 aliphatic carbocycles. The third-order valence-corrected chi connectivity index (χ3v) is 2.87. The monoisotopic (exact) mass is 195 g/mol. The second kappa shape index (κ2) is 6.00. The quantitative estimate of drug-likeness (QED) is 0.733. The predicted octanol–water partition coefficient (Wildman–Crippen LogP) is 1.22. The summed E-state index contributed by atoms with van der Waals surface area (Å²) >= 11 is 0. The summed E-state index contributed by atoms with van der Waals surface area (Å²) in [6, 6.07) is 2.53. The minimum Gasteiger partial charge on any atom is -0.313 e. The molecule has 3 nitrogen and oxygen atoms in total. The summed E-state index contributed by atoms with van der Waals surface area (Å²) in [4.78, 5) is 2.39. The molecule has 0 saturated carbocycles. The summed E-state index contributed by atoms with van der Waals surface area (Å²) in [5.74, 6) is 0.773. The molecule has 0 amide bonds. The maximum atomic E-state index is 8.52. The van der Waals surface area contributed by atoms with E-state index in [0.717, 1.165) is 12.5 Å². The average molecular weight is 195 g/mol. The molecule has 1 heterocycles. The molecule has 0 bridgehead atoms. The molecule has 1 aliphatic rings. The zero-order valence-corrected chi connectivity index (χ0v) is 9.29. The number of nitriles is 1. The summed E-state index contributed by atoms with van der Waals surface area (Å²) in [5, 5.41) is 11.9. The van der Waals surface area contributed by atoms with E-state index in [1.165, 1.54) is 25.9 Å². The standard InChI is InChI=1S/C11H21N3/c1-10(5-6-12)13-8-11-4-3-7-14(2)9-11/h10-11,13H,3-5,7-9H2,1-2H3. The molecule has 0 radical (unpaired) electrons. The number of likely N-dealkylation sites (tertiary alicyclic amines) is 1. The predicted molar refractivity (Wildman–Crippen MR) is 57.9 cm³/mol. The van der Waals surface area contributed by atoms with E-state index in [1.807, 2.05) is 0 Å². The van der Waals surface area contributed by atoms with Gasteiger partial charge in [-0.25, -0.2) is 0 Å². The first-order valence-electron chi connectivity index (χ1n) is 5.51. The Kier molecular flexibility index (Phi) is 4.92. The van der Waals surface area contributed by atoms with Gasteiger partial charge in [-0.15, -0.1) is 0 Å². The van der Waals surface area contributed by atoms with Crippen molar-refractivity contribution in [3.63, 3.8) is 0 Å². The number of nitrogens with zero attached hydrogens (tertiary/aromatic N) is 2. The van der Waals surface area contributed by atoms with Gasteiger partial charge in [-0.05, 0) is 45.8 Å². The van der Waals surface area contributed by atoms with E-state index in [2.05, 4.69) is 30.3 Å². The highest BCUT2D eigenvalue weighted by molar-refractivity contribution is 4.79. The molecule has 0 aromatic heterocycles. The molecule has 1 N–H and O–H groups in total. The lowest BCUT2D eigenvalue weighted by molar-refractivity contribution is 0.203. The second-order valence-corrected chi connectivity index (χ2v) is 4.44. The number of nitrogens with one attached hydrogen (secondary N) is 1. The summed E-state index contributed by atoms with van der Waals surface area (Å²) < 4.78 is 0. The van der Waals surface area contributed by atoms with E-state index in [0.29, 0.717) is 12.5 Å². The first-order valence-corrected chi connectivity index (χ1v) is 5.51. The molecule has 1 fully saturated rings. The summed E-state index contributed by atoms with van der Waals surface area (Å²) in [6.45, 7) is 5.58. The molecule has 2 unspecified atom stereocenters. The van der Waals surface area contributed by atoms with E-state index in [4.69, 9.17) is 5.26 Å². The van der Waals surface area contributed by atoms with Gasteiger partial charge in [-0.1, -0.05) is 0 Å². The molecule has 0 spiro atoms. The lowest BCUT2D eigenvalue weighted by Gasteiger charge is -2.30. The van der Waals surface area contributed by atoms with Gasteiger partial charge in [0.1, 0.15) is 0 Å². The Morgan fingerprint density at radius 3 is 3.07 bits per heavy atom. The molecule has 2 atom stereocenters. The fraction of sp³-hybridized carbons (Fsp3) is 0.909. The Bertz CT molecular complexity index is 197. The van der Waals surface area contributed by atoms with Crippen molar-refractivity contribution in [1.82, 2.24) is 10.2 Å². The molecule has 80 valence electrons.